The van der Waals surface area contributed by atoms with Crippen LogP contribution < -0.4 is 4.90 Å². The van der Waals surface area contributed by atoms with Gasteiger partial charge in [-0.2, -0.15) is 11.8 Å². The van der Waals surface area contributed by atoms with Crippen LogP contribution in [0.2, 0.25) is 0 Å². The van der Waals surface area contributed by atoms with E-state index in [0.29, 0.717) is 0 Å². The summed E-state index contributed by atoms with van der Waals surface area (Å²) in [6.45, 7) is 4.45. The van der Waals surface area contributed by atoms with Crippen LogP contribution in [0, 0.1) is 0 Å². The first-order valence-electron chi connectivity index (χ1n) is 4.47. The third-order valence-electron chi connectivity index (χ3n) is 2.64. The molecule has 2 saturated heterocycles. The Labute approximate surface area is 72.3 Å². The van der Waals surface area contributed by atoms with Gasteiger partial charge in [-0.15, -0.1) is 0 Å². The molecule has 0 spiro atoms. The van der Waals surface area contributed by atoms with Gasteiger partial charge in [-0.1, -0.05) is 0 Å². The molecule has 11 heavy (non-hydrogen) atoms. The summed E-state index contributed by atoms with van der Waals surface area (Å²) in [6, 6.07) is 0.948. The van der Waals surface area contributed by atoms with Crippen molar-refractivity contribution in [3.63, 3.8) is 0 Å². The Morgan fingerprint density at radius 2 is 2.09 bits per heavy atom. The number of nitrogens with one attached hydrogen (secondary N) is 1. The highest BCUT2D eigenvalue weighted by molar-refractivity contribution is 7.99. The Bertz CT molecular complexity index is 119. The first-order chi connectivity index (χ1) is 5.47. The number of hydrogen-bond donors (Lipinski definition) is 1. The lowest BCUT2D eigenvalue weighted by molar-refractivity contribution is -0.929. The molecule has 3 heteroatoms. The highest BCUT2D eigenvalue weighted by Gasteiger charge is 2.27. The zero-order valence-corrected chi connectivity index (χ0v) is 7.66. The molecule has 0 radical (unpaired) electrons. The Balaban J connectivity index is 1.82. The zero-order chi connectivity index (χ0) is 7.52. The molecule has 0 unspecified atom stereocenters. The molecule has 0 amide bonds. The summed E-state index contributed by atoms with van der Waals surface area (Å²) < 4.78 is 5.33. The molecule has 0 aromatic carbocycles. The van der Waals surface area contributed by atoms with Gasteiger partial charge < -0.3 is 9.64 Å². The highest BCUT2D eigenvalue weighted by Crippen LogP contribution is 2.14. The SMILES string of the molecule is C1C[NH+]([C@H]2CCSC2)CCO1. The fourth-order valence-electron chi connectivity index (χ4n) is 1.90. The molecule has 2 aliphatic rings. The zero-order valence-electron chi connectivity index (χ0n) is 6.84. The van der Waals surface area contributed by atoms with Gasteiger partial charge in [0.15, 0.2) is 0 Å². The molecule has 2 rings (SSSR count). The molecule has 1 atom stereocenters. The van der Waals surface area contributed by atoms with Crippen LogP contribution in [0.4, 0.5) is 0 Å². The topological polar surface area (TPSA) is 13.7 Å². The van der Waals surface area contributed by atoms with E-state index < -0.39 is 0 Å². The van der Waals surface area contributed by atoms with Crippen molar-refractivity contribution in [1.82, 2.24) is 0 Å². The third kappa shape index (κ3) is 1.89. The lowest BCUT2D eigenvalue weighted by atomic mass is 10.2. The molecule has 0 aromatic heterocycles. The van der Waals surface area contributed by atoms with Crippen LogP contribution in [0.1, 0.15) is 6.42 Å². The first-order valence-corrected chi connectivity index (χ1v) is 5.62. The molecule has 0 bridgehead atoms. The molecule has 0 saturated carbocycles. The summed E-state index contributed by atoms with van der Waals surface area (Å²) in [7, 11) is 0. The van der Waals surface area contributed by atoms with Crippen molar-refractivity contribution in [1.29, 1.82) is 0 Å². The van der Waals surface area contributed by atoms with Crippen molar-refractivity contribution in [2.45, 2.75) is 12.5 Å². The fourth-order valence-corrected chi connectivity index (χ4v) is 3.20. The van der Waals surface area contributed by atoms with Gasteiger partial charge in [-0.25, -0.2) is 0 Å². The van der Waals surface area contributed by atoms with Gasteiger partial charge in [-0.05, 0) is 5.75 Å². The van der Waals surface area contributed by atoms with Gasteiger partial charge in [0.05, 0.1) is 19.3 Å². The lowest BCUT2D eigenvalue weighted by Gasteiger charge is -2.28. The molecule has 0 aromatic rings. The van der Waals surface area contributed by atoms with E-state index in [1.807, 2.05) is 0 Å². The number of thioether (sulfide) groups is 1. The average Bonchev–Trinajstić information content (AvgIpc) is 2.58. The van der Waals surface area contributed by atoms with E-state index in [9.17, 15) is 0 Å². The highest BCUT2D eigenvalue weighted by atomic mass is 32.2. The van der Waals surface area contributed by atoms with Crippen LogP contribution in [0.5, 0.6) is 0 Å². The van der Waals surface area contributed by atoms with Crippen molar-refractivity contribution in [2.75, 3.05) is 37.8 Å². The Kier molecular flexibility index (Phi) is 2.72. The summed E-state index contributed by atoms with van der Waals surface area (Å²) >= 11 is 2.11. The fraction of sp³-hybridized carbons (Fsp3) is 1.00. The number of rotatable bonds is 1. The molecular formula is C8H16NOS+. The Hall–Kier alpha value is 0.270. The number of quaternary nitrogens is 1. The molecule has 2 fully saturated rings. The molecule has 0 aliphatic carbocycles. The van der Waals surface area contributed by atoms with Crippen LogP contribution in [0.25, 0.3) is 0 Å². The van der Waals surface area contributed by atoms with E-state index in [1.54, 1.807) is 4.90 Å². The van der Waals surface area contributed by atoms with Crippen LogP contribution in [0.15, 0.2) is 0 Å². The van der Waals surface area contributed by atoms with Gasteiger partial charge in [-0.3, -0.25) is 0 Å². The predicted molar refractivity (Wildman–Crippen MR) is 47.2 cm³/mol. The lowest BCUT2D eigenvalue weighted by Crippen LogP contribution is -3.17. The summed E-state index contributed by atoms with van der Waals surface area (Å²) in [5, 5.41) is 0. The molecular weight excluding hydrogens is 158 g/mol. The molecule has 2 nitrogen and oxygen atoms in total. The van der Waals surface area contributed by atoms with E-state index in [1.165, 1.54) is 31.0 Å². The van der Waals surface area contributed by atoms with E-state index in [-0.39, 0.29) is 0 Å². The van der Waals surface area contributed by atoms with E-state index in [0.717, 1.165) is 19.3 Å². The second-order valence-corrected chi connectivity index (χ2v) is 4.48. The van der Waals surface area contributed by atoms with Crippen molar-refractivity contribution in [2.24, 2.45) is 0 Å². The summed E-state index contributed by atoms with van der Waals surface area (Å²) in [6.07, 6.45) is 1.43. The van der Waals surface area contributed by atoms with Crippen LogP contribution in [0.3, 0.4) is 0 Å². The largest absolute Gasteiger partial charge is 0.370 e. The van der Waals surface area contributed by atoms with Crippen molar-refractivity contribution >= 4 is 11.8 Å². The standard InChI is InChI=1S/C8H15NOS/c1-6-11-7-8(1)9-2-4-10-5-3-9/h8H,1-7H2/p+1/t8-/m0/s1. The minimum absolute atomic E-state index is 0.948. The van der Waals surface area contributed by atoms with Crippen LogP contribution >= 0.6 is 11.8 Å². The molecule has 2 aliphatic heterocycles. The van der Waals surface area contributed by atoms with Gasteiger partial charge >= 0.3 is 0 Å². The van der Waals surface area contributed by atoms with E-state index in [4.69, 9.17) is 4.74 Å². The quantitative estimate of drug-likeness (QED) is 0.571. The summed E-state index contributed by atoms with van der Waals surface area (Å²) in [4.78, 5) is 1.79. The van der Waals surface area contributed by atoms with Crippen LogP contribution in [-0.2, 0) is 4.74 Å². The Morgan fingerprint density at radius 3 is 2.73 bits per heavy atom. The molecule has 2 heterocycles. The third-order valence-corrected chi connectivity index (χ3v) is 3.80. The molecule has 1 N–H and O–H groups in total. The van der Waals surface area contributed by atoms with Crippen molar-refractivity contribution in [3.8, 4) is 0 Å². The van der Waals surface area contributed by atoms with Gasteiger partial charge in [0.2, 0.25) is 0 Å². The smallest absolute Gasteiger partial charge is 0.101 e. The maximum atomic E-state index is 5.33. The summed E-state index contributed by atoms with van der Waals surface area (Å²) in [5.74, 6) is 2.77. The molecule has 64 valence electrons. The first kappa shape index (κ1) is 7.90. The van der Waals surface area contributed by atoms with Crippen molar-refractivity contribution < 1.29 is 9.64 Å². The van der Waals surface area contributed by atoms with Gasteiger partial charge in [0, 0.05) is 12.2 Å². The van der Waals surface area contributed by atoms with Gasteiger partial charge in [0.1, 0.15) is 13.1 Å². The summed E-state index contributed by atoms with van der Waals surface area (Å²) in [5.41, 5.74) is 0. The number of ether oxygens (including phenoxy) is 1. The van der Waals surface area contributed by atoms with E-state index >= 15 is 0 Å². The second-order valence-electron chi connectivity index (χ2n) is 3.33. The minimum atomic E-state index is 0.948. The van der Waals surface area contributed by atoms with E-state index in [2.05, 4.69) is 11.8 Å². The monoisotopic (exact) mass is 174 g/mol. The second kappa shape index (κ2) is 3.78. The number of morpholine rings is 1. The van der Waals surface area contributed by atoms with Crippen LogP contribution in [-0.4, -0.2) is 43.9 Å². The van der Waals surface area contributed by atoms with Gasteiger partial charge in [0.25, 0.3) is 0 Å². The minimum Gasteiger partial charge on any atom is -0.370 e. The number of hydrogen-bond acceptors (Lipinski definition) is 2. The normalized spacial score (nSPS) is 34.4. The Morgan fingerprint density at radius 1 is 1.27 bits per heavy atom. The predicted octanol–water partition coefficient (Wildman–Crippen LogP) is -0.593. The maximum absolute atomic E-state index is 5.33. The maximum Gasteiger partial charge on any atom is 0.101 e. The van der Waals surface area contributed by atoms with Crippen molar-refractivity contribution in [3.05, 3.63) is 0 Å². The average molecular weight is 174 g/mol.